The van der Waals surface area contributed by atoms with Crippen LogP contribution in [0.2, 0.25) is 0 Å². The Balaban J connectivity index is 2.35. The van der Waals surface area contributed by atoms with Gasteiger partial charge in [-0.1, -0.05) is 6.08 Å². The highest BCUT2D eigenvalue weighted by atomic mass is 16.5. The molecule has 0 radical (unpaired) electrons. The molecule has 1 aliphatic rings. The molecule has 68 valence electrons. The van der Waals surface area contributed by atoms with Crippen LogP contribution in [0.1, 0.15) is 13.3 Å². The largest absolute Gasteiger partial charge is 0.378 e. The van der Waals surface area contributed by atoms with E-state index in [1.54, 1.807) is 6.08 Å². The number of rotatable bonds is 3. The summed E-state index contributed by atoms with van der Waals surface area (Å²) < 4.78 is 5.28. The van der Waals surface area contributed by atoms with E-state index in [0.29, 0.717) is 13.2 Å². The van der Waals surface area contributed by atoms with Crippen LogP contribution in [-0.4, -0.2) is 25.2 Å². The Morgan fingerprint density at radius 1 is 1.83 bits per heavy atom. The van der Waals surface area contributed by atoms with Crippen molar-refractivity contribution in [3.8, 4) is 0 Å². The smallest absolute Gasteiger partial charge is 0.226 e. The Labute approximate surface area is 72.8 Å². The summed E-state index contributed by atoms with van der Waals surface area (Å²) in [7, 11) is 0. The third kappa shape index (κ3) is 2.08. The summed E-state index contributed by atoms with van der Waals surface area (Å²) in [6.45, 7) is 6.71. The van der Waals surface area contributed by atoms with Gasteiger partial charge in [0, 0.05) is 13.2 Å². The maximum absolute atomic E-state index is 11.4. The lowest BCUT2D eigenvalue weighted by Gasteiger charge is -2.12. The van der Waals surface area contributed by atoms with Crippen LogP contribution in [0, 0.1) is 5.92 Å². The Morgan fingerprint density at radius 3 is 3.08 bits per heavy atom. The van der Waals surface area contributed by atoms with E-state index in [1.165, 1.54) is 0 Å². The minimum absolute atomic E-state index is 0.0324. The first-order chi connectivity index (χ1) is 5.75. The molecule has 0 bridgehead atoms. The second kappa shape index (κ2) is 4.26. The van der Waals surface area contributed by atoms with Crippen molar-refractivity contribution in [2.75, 3.05) is 13.2 Å². The molecule has 2 unspecified atom stereocenters. The third-order valence-corrected chi connectivity index (χ3v) is 2.13. The second-order valence-electron chi connectivity index (χ2n) is 3.00. The van der Waals surface area contributed by atoms with E-state index in [4.69, 9.17) is 4.74 Å². The van der Waals surface area contributed by atoms with Gasteiger partial charge in [-0.25, -0.2) is 0 Å². The van der Waals surface area contributed by atoms with Gasteiger partial charge in [0.15, 0.2) is 0 Å². The summed E-state index contributed by atoms with van der Waals surface area (Å²) in [5.74, 6) is 0.116. The summed E-state index contributed by atoms with van der Waals surface area (Å²) in [6, 6.07) is 0. The number of hydrogen-bond donors (Lipinski definition) is 1. The standard InChI is InChI=1S/C9H15NO2/c1-3-5-10-9(11)8-4-6-12-7(8)2/h3,7-8H,1,4-6H2,2H3,(H,10,11). The van der Waals surface area contributed by atoms with Crippen molar-refractivity contribution in [1.82, 2.24) is 5.32 Å². The molecule has 0 saturated carbocycles. The molecule has 1 N–H and O–H groups in total. The van der Waals surface area contributed by atoms with Crippen LogP contribution in [0.15, 0.2) is 12.7 Å². The minimum atomic E-state index is 0.0324. The SMILES string of the molecule is C=CCNC(=O)C1CCOC1C. The van der Waals surface area contributed by atoms with Gasteiger partial charge in [0.1, 0.15) is 0 Å². The fraction of sp³-hybridized carbons (Fsp3) is 0.667. The van der Waals surface area contributed by atoms with E-state index in [0.717, 1.165) is 6.42 Å². The Bertz CT molecular complexity index is 179. The first kappa shape index (κ1) is 9.26. The van der Waals surface area contributed by atoms with E-state index in [1.807, 2.05) is 6.92 Å². The highest BCUT2D eigenvalue weighted by Crippen LogP contribution is 2.19. The highest BCUT2D eigenvalue weighted by Gasteiger charge is 2.29. The molecule has 1 heterocycles. The van der Waals surface area contributed by atoms with E-state index < -0.39 is 0 Å². The zero-order chi connectivity index (χ0) is 8.97. The van der Waals surface area contributed by atoms with Gasteiger partial charge in [-0.05, 0) is 13.3 Å². The van der Waals surface area contributed by atoms with Crippen LogP contribution in [0.3, 0.4) is 0 Å². The number of amides is 1. The van der Waals surface area contributed by atoms with Gasteiger partial charge >= 0.3 is 0 Å². The molecule has 0 spiro atoms. The van der Waals surface area contributed by atoms with Crippen molar-refractivity contribution >= 4 is 5.91 Å². The molecular weight excluding hydrogens is 154 g/mol. The Hall–Kier alpha value is -0.830. The summed E-state index contributed by atoms with van der Waals surface area (Å²) in [5.41, 5.74) is 0. The van der Waals surface area contributed by atoms with Crippen LogP contribution in [0.25, 0.3) is 0 Å². The van der Waals surface area contributed by atoms with Crippen molar-refractivity contribution in [2.45, 2.75) is 19.4 Å². The van der Waals surface area contributed by atoms with Crippen molar-refractivity contribution in [3.63, 3.8) is 0 Å². The molecule has 1 fully saturated rings. The second-order valence-corrected chi connectivity index (χ2v) is 3.00. The minimum Gasteiger partial charge on any atom is -0.378 e. The van der Waals surface area contributed by atoms with E-state index >= 15 is 0 Å². The summed E-state index contributed by atoms with van der Waals surface area (Å²) in [5, 5.41) is 2.77. The van der Waals surface area contributed by atoms with Crippen molar-refractivity contribution in [2.24, 2.45) is 5.92 Å². The van der Waals surface area contributed by atoms with Crippen LogP contribution in [0.4, 0.5) is 0 Å². The normalized spacial score (nSPS) is 28.4. The average Bonchev–Trinajstić information content (AvgIpc) is 2.47. The van der Waals surface area contributed by atoms with Gasteiger partial charge in [-0.3, -0.25) is 4.79 Å². The maximum Gasteiger partial charge on any atom is 0.226 e. The van der Waals surface area contributed by atoms with Gasteiger partial charge in [-0.15, -0.1) is 6.58 Å². The number of carbonyl (C=O) groups is 1. The predicted octanol–water partition coefficient (Wildman–Crippen LogP) is 0.714. The molecule has 1 saturated heterocycles. The number of hydrogen-bond acceptors (Lipinski definition) is 2. The quantitative estimate of drug-likeness (QED) is 0.632. The van der Waals surface area contributed by atoms with Crippen LogP contribution >= 0.6 is 0 Å². The van der Waals surface area contributed by atoms with Crippen LogP contribution in [-0.2, 0) is 9.53 Å². The maximum atomic E-state index is 11.4. The molecule has 3 nitrogen and oxygen atoms in total. The lowest BCUT2D eigenvalue weighted by molar-refractivity contribution is -0.126. The Morgan fingerprint density at radius 2 is 2.58 bits per heavy atom. The van der Waals surface area contributed by atoms with Crippen LogP contribution in [0.5, 0.6) is 0 Å². The molecule has 0 aliphatic carbocycles. The molecular formula is C9H15NO2. The zero-order valence-corrected chi connectivity index (χ0v) is 7.38. The van der Waals surface area contributed by atoms with E-state index in [9.17, 15) is 4.79 Å². The summed E-state index contributed by atoms with van der Waals surface area (Å²) in [6.07, 6.45) is 2.58. The molecule has 1 rings (SSSR count). The number of ether oxygens (including phenoxy) is 1. The number of carbonyl (C=O) groups excluding carboxylic acids is 1. The molecule has 3 heteroatoms. The first-order valence-electron chi connectivity index (χ1n) is 4.26. The van der Waals surface area contributed by atoms with Gasteiger partial charge in [0.05, 0.1) is 12.0 Å². The topological polar surface area (TPSA) is 38.3 Å². The summed E-state index contributed by atoms with van der Waals surface area (Å²) >= 11 is 0. The molecule has 2 atom stereocenters. The van der Waals surface area contributed by atoms with E-state index in [2.05, 4.69) is 11.9 Å². The molecule has 1 amide bonds. The fourth-order valence-corrected chi connectivity index (χ4v) is 1.38. The third-order valence-electron chi connectivity index (χ3n) is 2.13. The van der Waals surface area contributed by atoms with Crippen molar-refractivity contribution in [1.29, 1.82) is 0 Å². The van der Waals surface area contributed by atoms with Crippen LogP contribution < -0.4 is 5.32 Å². The van der Waals surface area contributed by atoms with Gasteiger partial charge in [-0.2, -0.15) is 0 Å². The highest BCUT2D eigenvalue weighted by molar-refractivity contribution is 5.79. The Kier molecular flexibility index (Phi) is 3.29. The molecule has 1 aliphatic heterocycles. The predicted molar refractivity (Wildman–Crippen MR) is 46.7 cm³/mol. The lowest BCUT2D eigenvalue weighted by atomic mass is 10.0. The molecule has 0 aromatic heterocycles. The van der Waals surface area contributed by atoms with Gasteiger partial charge in [0.25, 0.3) is 0 Å². The zero-order valence-electron chi connectivity index (χ0n) is 7.38. The molecule has 0 aromatic rings. The van der Waals surface area contributed by atoms with E-state index in [-0.39, 0.29) is 17.9 Å². The monoisotopic (exact) mass is 169 g/mol. The van der Waals surface area contributed by atoms with Gasteiger partial charge in [0.2, 0.25) is 5.91 Å². The van der Waals surface area contributed by atoms with Crippen molar-refractivity contribution in [3.05, 3.63) is 12.7 Å². The molecule has 12 heavy (non-hydrogen) atoms. The van der Waals surface area contributed by atoms with Gasteiger partial charge < -0.3 is 10.1 Å². The fourth-order valence-electron chi connectivity index (χ4n) is 1.38. The summed E-state index contributed by atoms with van der Waals surface area (Å²) in [4.78, 5) is 11.4. The average molecular weight is 169 g/mol. The first-order valence-corrected chi connectivity index (χ1v) is 4.26. The lowest BCUT2D eigenvalue weighted by Crippen LogP contribution is -2.34. The number of nitrogens with one attached hydrogen (secondary N) is 1. The molecule has 0 aromatic carbocycles. The van der Waals surface area contributed by atoms with Crippen molar-refractivity contribution < 1.29 is 9.53 Å².